The smallest absolute Gasteiger partial charge is 0.416 e. The van der Waals surface area contributed by atoms with Crippen LogP contribution >= 0.6 is 0 Å². The van der Waals surface area contributed by atoms with Crippen LogP contribution in [0.5, 0.6) is 11.5 Å². The third-order valence-corrected chi connectivity index (χ3v) is 5.23. The molecule has 3 aromatic heterocycles. The maximum Gasteiger partial charge on any atom is 0.416 e. The molecule has 0 atom stereocenters. The van der Waals surface area contributed by atoms with E-state index in [1.54, 1.807) is 36.5 Å². The van der Waals surface area contributed by atoms with E-state index in [2.05, 4.69) is 25.3 Å². The largest absolute Gasteiger partial charge is 0.453 e. The molecule has 0 unspecified atom stereocenters. The molecule has 0 aliphatic carbocycles. The van der Waals surface area contributed by atoms with Crippen molar-refractivity contribution in [1.29, 1.82) is 0 Å². The third-order valence-electron chi connectivity index (χ3n) is 5.23. The summed E-state index contributed by atoms with van der Waals surface area (Å²) in [6.45, 7) is 0. The molecular weight excluding hydrogens is 463 g/mol. The van der Waals surface area contributed by atoms with Crippen LogP contribution in [0.4, 0.5) is 18.9 Å². The summed E-state index contributed by atoms with van der Waals surface area (Å²) >= 11 is 0. The van der Waals surface area contributed by atoms with E-state index >= 15 is 0 Å². The normalized spacial score (nSPS) is 11.6. The van der Waals surface area contributed by atoms with Crippen molar-refractivity contribution in [1.82, 2.24) is 19.9 Å². The lowest BCUT2D eigenvalue weighted by Gasteiger charge is -2.13. The van der Waals surface area contributed by atoms with Gasteiger partial charge in [-0.3, -0.25) is 14.8 Å². The van der Waals surface area contributed by atoms with Crippen LogP contribution in [0.1, 0.15) is 11.1 Å². The zero-order chi connectivity index (χ0) is 24.6. The van der Waals surface area contributed by atoms with E-state index < -0.39 is 23.3 Å². The molecule has 5 rings (SSSR count). The van der Waals surface area contributed by atoms with E-state index in [1.165, 1.54) is 18.3 Å². The van der Waals surface area contributed by atoms with Gasteiger partial charge in [-0.2, -0.15) is 13.2 Å². The highest BCUT2D eigenvalue weighted by molar-refractivity contribution is 6.03. The number of pyridine rings is 2. The molecule has 5 aromatic rings. The number of anilines is 1. The van der Waals surface area contributed by atoms with E-state index in [0.29, 0.717) is 39.3 Å². The van der Waals surface area contributed by atoms with E-state index in [9.17, 15) is 22.8 Å². The highest BCUT2D eigenvalue weighted by atomic mass is 19.4. The summed E-state index contributed by atoms with van der Waals surface area (Å²) in [6.07, 6.45) is -1.68. The summed E-state index contributed by atoms with van der Waals surface area (Å²) in [5.41, 5.74) is 0.586. The molecule has 0 saturated heterocycles. The van der Waals surface area contributed by atoms with Crippen molar-refractivity contribution >= 4 is 33.7 Å². The summed E-state index contributed by atoms with van der Waals surface area (Å²) < 4.78 is 44.9. The number of ether oxygens (including phenoxy) is 1. The molecule has 3 N–H and O–H groups in total. The Labute approximate surface area is 194 Å². The Morgan fingerprint density at radius 1 is 0.971 bits per heavy atom. The summed E-state index contributed by atoms with van der Waals surface area (Å²) in [5.74, 6) is 0.233. The van der Waals surface area contributed by atoms with Crippen LogP contribution in [0.2, 0.25) is 0 Å². The summed E-state index contributed by atoms with van der Waals surface area (Å²) in [7, 11) is 0. The lowest BCUT2D eigenvalue weighted by Crippen LogP contribution is -2.15. The minimum atomic E-state index is -4.49. The Morgan fingerprint density at radius 2 is 1.83 bits per heavy atom. The molecule has 0 saturated carbocycles. The number of H-pyrrole nitrogens is 2. The number of carbonyl (C=O) groups excluding carboxylic acids is 1. The zero-order valence-electron chi connectivity index (χ0n) is 17.8. The summed E-state index contributed by atoms with van der Waals surface area (Å²) in [6, 6.07) is 12.9. The molecule has 2 aromatic carbocycles. The Bertz CT molecular complexity index is 1620. The second kappa shape index (κ2) is 8.60. The predicted octanol–water partition coefficient (Wildman–Crippen LogP) is 4.79. The van der Waals surface area contributed by atoms with Gasteiger partial charge in [-0.15, -0.1) is 0 Å². The van der Waals surface area contributed by atoms with E-state index in [1.807, 2.05) is 0 Å². The van der Waals surface area contributed by atoms with Gasteiger partial charge in [0.05, 0.1) is 17.7 Å². The predicted molar refractivity (Wildman–Crippen MR) is 122 cm³/mol. The number of nitrogens with zero attached hydrogens (tertiary/aromatic N) is 2. The maximum absolute atomic E-state index is 13.0. The van der Waals surface area contributed by atoms with Crippen molar-refractivity contribution in [3.63, 3.8) is 0 Å². The van der Waals surface area contributed by atoms with Crippen molar-refractivity contribution in [2.45, 2.75) is 12.6 Å². The zero-order valence-corrected chi connectivity index (χ0v) is 17.8. The van der Waals surface area contributed by atoms with E-state index in [4.69, 9.17) is 4.74 Å². The number of aromatic amines is 2. The monoisotopic (exact) mass is 479 g/mol. The molecule has 0 bridgehead atoms. The quantitative estimate of drug-likeness (QED) is 0.336. The molecule has 35 heavy (non-hydrogen) atoms. The number of halogens is 3. The number of alkyl halides is 3. The Balaban J connectivity index is 1.42. The standard InChI is InChI=1S/C24H16F3N5O3/c25-24(26,27)14-4-1-3-13(11-14)12-19(33)30-16-6-7-17(20-15(16)5-2-9-28-20)35-18-8-10-29-22-21(18)31-23(34)32-22/h1-11H,12H2,(H,30,33)(H2,29,31,32,34). The molecule has 0 fully saturated rings. The summed E-state index contributed by atoms with van der Waals surface area (Å²) in [4.78, 5) is 37.9. The Kier molecular flexibility index (Phi) is 5.44. The fourth-order valence-corrected chi connectivity index (χ4v) is 3.69. The highest BCUT2D eigenvalue weighted by Crippen LogP contribution is 2.35. The van der Waals surface area contributed by atoms with E-state index in [0.717, 1.165) is 12.1 Å². The number of hydrogen-bond donors (Lipinski definition) is 3. The molecule has 176 valence electrons. The molecule has 8 nitrogen and oxygen atoms in total. The summed E-state index contributed by atoms with van der Waals surface area (Å²) in [5, 5.41) is 3.30. The first kappa shape index (κ1) is 22.1. The number of imidazole rings is 1. The second-order valence-electron chi connectivity index (χ2n) is 7.65. The number of benzene rings is 2. The van der Waals surface area contributed by atoms with Crippen molar-refractivity contribution in [3.05, 3.63) is 88.6 Å². The van der Waals surface area contributed by atoms with Gasteiger partial charge in [0.1, 0.15) is 11.0 Å². The van der Waals surface area contributed by atoms with Gasteiger partial charge in [0.2, 0.25) is 5.91 Å². The SMILES string of the molecule is O=C(Cc1cccc(C(F)(F)F)c1)Nc1ccc(Oc2ccnc3[nH]c(=O)[nH]c23)c2ncccc12. The molecule has 11 heteroatoms. The van der Waals surface area contributed by atoms with Gasteiger partial charge in [0.25, 0.3) is 0 Å². The van der Waals surface area contributed by atoms with Crippen molar-refractivity contribution in [3.8, 4) is 11.5 Å². The molecular formula is C24H16F3N5O3. The number of carbonyl (C=O) groups is 1. The van der Waals surface area contributed by atoms with Crippen molar-refractivity contribution < 1.29 is 22.7 Å². The molecule has 1 amide bonds. The molecule has 0 aliphatic heterocycles. The van der Waals surface area contributed by atoms with Gasteiger partial charge in [-0.05, 0) is 35.9 Å². The fourth-order valence-electron chi connectivity index (χ4n) is 3.69. The lowest BCUT2D eigenvalue weighted by molar-refractivity contribution is -0.137. The maximum atomic E-state index is 13.0. The number of amides is 1. The van der Waals surface area contributed by atoms with Crippen LogP contribution in [0.15, 0.2) is 71.8 Å². The van der Waals surface area contributed by atoms with Crippen LogP contribution in [-0.2, 0) is 17.4 Å². The molecule has 0 spiro atoms. The van der Waals surface area contributed by atoms with Crippen LogP contribution < -0.4 is 15.7 Å². The van der Waals surface area contributed by atoms with Gasteiger partial charge < -0.3 is 15.0 Å². The van der Waals surface area contributed by atoms with Gasteiger partial charge in [0, 0.05) is 23.8 Å². The Morgan fingerprint density at radius 3 is 2.66 bits per heavy atom. The van der Waals surface area contributed by atoms with E-state index in [-0.39, 0.29) is 12.0 Å². The number of aromatic nitrogens is 4. The molecule has 0 radical (unpaired) electrons. The second-order valence-corrected chi connectivity index (χ2v) is 7.65. The first-order valence-electron chi connectivity index (χ1n) is 10.4. The highest BCUT2D eigenvalue weighted by Gasteiger charge is 2.30. The van der Waals surface area contributed by atoms with Gasteiger partial charge in [-0.25, -0.2) is 9.78 Å². The molecule has 0 aliphatic rings. The van der Waals surface area contributed by atoms with Crippen molar-refractivity contribution in [2.75, 3.05) is 5.32 Å². The minimum absolute atomic E-state index is 0.236. The average molecular weight is 479 g/mol. The average Bonchev–Trinajstić information content (AvgIpc) is 3.21. The first-order chi connectivity index (χ1) is 16.8. The Hall–Kier alpha value is -4.67. The number of fused-ring (bicyclic) bond motifs is 2. The number of hydrogen-bond acceptors (Lipinski definition) is 5. The fraction of sp³-hybridized carbons (Fsp3) is 0.0833. The molecule has 3 heterocycles. The van der Waals surface area contributed by atoms with Crippen LogP contribution in [-0.4, -0.2) is 25.8 Å². The van der Waals surface area contributed by atoms with Crippen LogP contribution in [0, 0.1) is 0 Å². The first-order valence-corrected chi connectivity index (χ1v) is 10.4. The lowest BCUT2D eigenvalue weighted by atomic mass is 10.1. The van der Waals surface area contributed by atoms with Gasteiger partial charge in [-0.1, -0.05) is 18.2 Å². The minimum Gasteiger partial charge on any atom is -0.453 e. The number of rotatable bonds is 5. The van der Waals surface area contributed by atoms with Crippen LogP contribution in [0.3, 0.4) is 0 Å². The van der Waals surface area contributed by atoms with Crippen molar-refractivity contribution in [2.24, 2.45) is 0 Å². The number of nitrogens with one attached hydrogen (secondary N) is 3. The van der Waals surface area contributed by atoms with Gasteiger partial charge in [0.15, 0.2) is 17.1 Å². The van der Waals surface area contributed by atoms with Crippen LogP contribution in [0.25, 0.3) is 22.1 Å². The van der Waals surface area contributed by atoms with Gasteiger partial charge >= 0.3 is 11.9 Å². The third kappa shape index (κ3) is 4.56. The topological polar surface area (TPSA) is 113 Å².